The molecular formula is C31H47ClN10O2. The first kappa shape index (κ1) is 11.3. The number of amides is 1. The maximum Gasteiger partial charge on any atom is 0.410 e. The monoisotopic (exact) mass is 658 g/mol. The molecule has 240 valence electrons. The molecule has 2 aliphatic rings. The van der Waals surface area contributed by atoms with Crippen LogP contribution < -0.4 is 15.1 Å². The molecule has 0 bridgehead atoms. The number of aromatic amines is 2. The molecule has 6 rings (SSSR count). The zero-order chi connectivity index (χ0) is 58.9. The van der Waals surface area contributed by atoms with E-state index in [1.165, 1.54) is 39.2 Å². The number of rotatable bonds is 4. The number of piperidine rings is 2. The quantitative estimate of drug-likeness (QED) is 0.282. The van der Waals surface area contributed by atoms with Crippen LogP contribution in [0.25, 0.3) is 22.1 Å². The number of nitrogens with zero attached hydrogens (tertiary/aromatic N) is 7. The van der Waals surface area contributed by atoms with Crippen molar-refractivity contribution in [2.45, 2.75) is 64.9 Å². The van der Waals surface area contributed by atoms with Gasteiger partial charge in [-0.25, -0.2) is 24.7 Å². The lowest BCUT2D eigenvalue weighted by Gasteiger charge is -2.42. The lowest BCUT2D eigenvalue weighted by molar-refractivity contribution is 0.0165. The summed E-state index contributed by atoms with van der Waals surface area (Å²) in [5.41, 5.74) is -1.75. The second kappa shape index (κ2) is 14.0. The highest BCUT2D eigenvalue weighted by Gasteiger charge is 2.34. The van der Waals surface area contributed by atoms with E-state index in [0.717, 1.165) is 6.07 Å². The standard InChI is InChI=1S/C18H27N5O2.C13H19N5.ClH/c1-12-7-9-23(17(24)25-18(2,3)4)10-14(12)22(5)16-13-6-8-19-15(13)20-11-21-16;1-9-3-5-14-7-11(9)18(2)13-10-4-6-15-12(10)16-8-17-13;/h6,8,11-12,14H,7,9-10H2,1-5H3,(H,19,20,21);4,6,8-9,11,14H,3,5,7H2,1-2H3,(H,15,16,17);1H/t12-,14+;9-,11+;/m11./s1/i1D3,5D3,7D2,9D2,10D2,11D,12D,14D;1D3,2D3,3D2,5D2,7D2,8D,9D,11D;/hD. The number of ether oxygens (including phenoxy) is 1. The topological polar surface area (TPSA) is 131 Å². The Morgan fingerprint density at radius 2 is 1.61 bits per heavy atom. The number of nitrogens with one attached hydrogen (secondary N) is 3. The second-order valence-electron chi connectivity index (χ2n) is 9.56. The zero-order valence-electron chi connectivity index (χ0n) is 54.1. The molecule has 4 aromatic rings. The van der Waals surface area contributed by atoms with E-state index < -0.39 is 131 Å². The average molecular weight is 658 g/mol. The molecule has 4 atom stereocenters. The van der Waals surface area contributed by atoms with Crippen LogP contribution in [0.15, 0.2) is 37.1 Å². The van der Waals surface area contributed by atoms with E-state index in [2.05, 4.69) is 42.2 Å². The Bertz CT molecular complexity index is 2770. The number of hydrogen-bond donors (Lipinski definition) is 3. The van der Waals surface area contributed by atoms with E-state index in [1.54, 1.807) is 5.32 Å². The first-order valence-electron chi connectivity index (χ1n) is 27.6. The van der Waals surface area contributed by atoms with E-state index in [0.29, 0.717) is 0 Å². The Hall–Kier alpha value is -3.64. The number of likely N-dealkylation sites (N-methyl/N-ethyl adjacent to an activating group) is 2. The molecule has 4 aromatic heterocycles. The third-order valence-electron chi connectivity index (χ3n) is 5.43. The molecule has 0 radical (unpaired) electrons. The van der Waals surface area contributed by atoms with Gasteiger partial charge in [0.2, 0.25) is 0 Å². The smallest absolute Gasteiger partial charge is 0.410 e. The van der Waals surface area contributed by atoms with Crippen LogP contribution in [0.2, 0.25) is 0 Å². The molecule has 0 aromatic carbocycles. The number of likely N-dealkylation sites (tertiary alicyclic amines) is 1. The van der Waals surface area contributed by atoms with Crippen LogP contribution >= 0.6 is 12.3 Å². The van der Waals surface area contributed by atoms with Crippen LogP contribution in [-0.2, 0) is 4.74 Å². The summed E-state index contributed by atoms with van der Waals surface area (Å²) >= 11 is 3.89. The molecule has 3 N–H and O–H groups in total. The molecule has 2 aliphatic heterocycles. The van der Waals surface area contributed by atoms with Crippen LogP contribution in [0.5, 0.6) is 0 Å². The minimum Gasteiger partial charge on any atom is -0.444 e. The van der Waals surface area contributed by atoms with Crippen molar-refractivity contribution in [3.8, 4) is 0 Å². The molecule has 0 spiro atoms. The second-order valence-corrected chi connectivity index (χ2v) is 9.56. The van der Waals surface area contributed by atoms with Crippen molar-refractivity contribution in [1.82, 2.24) is 40.1 Å². The maximum atomic E-state index is 13.3. The normalized spacial score (nSPS) is 47.0. The van der Waals surface area contributed by atoms with E-state index >= 15 is 0 Å². The van der Waals surface area contributed by atoms with Gasteiger partial charge in [-0.1, -0.05) is 13.7 Å². The summed E-state index contributed by atoms with van der Waals surface area (Å²) in [7, 11) is 0. The fraction of sp³-hybridized carbons (Fsp3) is 0.581. The van der Waals surface area contributed by atoms with Gasteiger partial charge in [-0.05, 0) is 63.9 Å². The van der Waals surface area contributed by atoms with Gasteiger partial charge in [-0.15, -0.1) is 12.3 Å². The van der Waals surface area contributed by atoms with Crippen LogP contribution in [-0.4, -0.2) is 99.6 Å². The van der Waals surface area contributed by atoms with Gasteiger partial charge in [-0.2, -0.15) is 0 Å². The molecule has 1 amide bonds. The molecular weight excluding hydrogens is 580 g/mol. The van der Waals surface area contributed by atoms with Crippen LogP contribution in [0.4, 0.5) is 16.4 Å². The first-order valence-corrected chi connectivity index (χ1v) is 12.2. The summed E-state index contributed by atoms with van der Waals surface area (Å²) in [5, 5.41) is 1.11. The number of carbonyl (C=O) groups excluding carboxylic acids is 1. The zero-order valence-corrected chi connectivity index (χ0v) is 23.9. The Morgan fingerprint density at radius 1 is 1.02 bits per heavy atom. The van der Waals surface area contributed by atoms with E-state index in [1.807, 2.05) is 0 Å². The predicted octanol–water partition coefficient (Wildman–Crippen LogP) is 4.85. The molecule has 0 aliphatic carbocycles. The van der Waals surface area contributed by atoms with Gasteiger partial charge in [0, 0.05) is 84.8 Å². The number of H-pyrrole nitrogens is 2. The van der Waals surface area contributed by atoms with Gasteiger partial charge < -0.3 is 34.7 Å². The minimum atomic E-state index is -4.29. The summed E-state index contributed by atoms with van der Waals surface area (Å²) in [6.45, 7) is -26.8. The van der Waals surface area contributed by atoms with Gasteiger partial charge in [-0.3, -0.25) is 0 Å². The number of aromatic nitrogens is 6. The number of halogens is 1. The highest BCUT2D eigenvalue weighted by Crippen LogP contribution is 2.29. The summed E-state index contributed by atoms with van der Waals surface area (Å²) in [6, 6.07) is -5.75. The lowest BCUT2D eigenvalue weighted by Crippen LogP contribution is -2.53. The highest BCUT2D eigenvalue weighted by molar-refractivity contribution is 5.88. The number of anilines is 2. The Labute approximate surface area is 309 Å². The van der Waals surface area contributed by atoms with Crippen molar-refractivity contribution in [3.05, 3.63) is 37.1 Å². The van der Waals surface area contributed by atoms with E-state index in [-0.39, 0.29) is 31.9 Å². The summed E-state index contributed by atoms with van der Waals surface area (Å²) in [5.74, 6) is -10.1. The molecule has 12 nitrogen and oxygen atoms in total. The van der Waals surface area contributed by atoms with Crippen LogP contribution in [0.1, 0.15) is 88.3 Å². The SMILES string of the molecule is [2H]Cl.[2H]c1nc(N(C([2H])([2H])[2H])[C@@]2([2H])C([2H])([2H])N(C(=O)OC(C)(C)C)C([2H])([2H])C([2H])([2H])[C@@]2([2H])C([2H])([2H])[2H])c2cc[nH]c2n1.[2H]c1nc(N(C([2H])([2H])[2H])[C@@]2([2H])C([2H])([2H])NC([2H])([2H])C([2H])([2H])[C@@]2([2H])C([2H])([2H])[2H])c2cc[nH]c2n1. The predicted molar refractivity (Wildman–Crippen MR) is 178 cm³/mol. The lowest BCUT2D eigenvalue weighted by atomic mass is 9.92. The van der Waals surface area contributed by atoms with Crippen molar-refractivity contribution >= 4 is 52.1 Å². The van der Waals surface area contributed by atoms with Crippen molar-refractivity contribution in [3.63, 3.8) is 0 Å². The van der Waals surface area contributed by atoms with Crippen molar-refractivity contribution < 1.29 is 50.7 Å². The Morgan fingerprint density at radius 3 is 2.18 bits per heavy atom. The largest absolute Gasteiger partial charge is 0.444 e. The Balaban J connectivity index is 0.000000319. The third-order valence-corrected chi connectivity index (χ3v) is 5.43. The third kappa shape index (κ3) is 7.35. The van der Waals surface area contributed by atoms with Crippen molar-refractivity contribution in [1.29, 1.82) is 1.17 Å². The molecule has 2 fully saturated rings. The van der Waals surface area contributed by atoms with Gasteiger partial charge in [0.25, 0.3) is 0 Å². The van der Waals surface area contributed by atoms with Gasteiger partial charge in [0.05, 0.1) is 22.3 Å². The summed E-state index contributed by atoms with van der Waals surface area (Å²) in [6.07, 6.45) is -9.08. The summed E-state index contributed by atoms with van der Waals surface area (Å²) < 4.78 is 259. The van der Waals surface area contributed by atoms with Crippen molar-refractivity contribution in [2.75, 3.05) is 49.7 Å². The van der Waals surface area contributed by atoms with Gasteiger partial charge in [0.1, 0.15) is 45.1 Å². The first-order chi connectivity index (χ1) is 33.2. The fourth-order valence-corrected chi connectivity index (χ4v) is 3.58. The molecule has 13 heteroatoms. The van der Waals surface area contributed by atoms with E-state index in [9.17, 15) is 6.17 Å². The number of hydrogen-bond acceptors (Lipinski definition) is 9. The average Bonchev–Trinajstić information content (AvgIpc) is 3.87. The van der Waals surface area contributed by atoms with Crippen molar-refractivity contribution in [2.24, 2.45) is 11.8 Å². The molecule has 2 saturated heterocycles. The van der Waals surface area contributed by atoms with Gasteiger partial charge >= 0.3 is 6.09 Å². The molecule has 6 heterocycles. The molecule has 0 unspecified atom stereocenters. The number of carbonyl (C=O) groups is 1. The van der Waals surface area contributed by atoms with Crippen LogP contribution in [0, 0.1) is 11.8 Å². The highest BCUT2D eigenvalue weighted by atomic mass is 35.5. The maximum absolute atomic E-state index is 13.3. The fourth-order valence-electron chi connectivity index (χ4n) is 3.58. The van der Waals surface area contributed by atoms with Crippen LogP contribution in [0.3, 0.4) is 0 Å². The Kier molecular flexibility index (Phi) is 3.59. The number of fused-ring (bicyclic) bond motifs is 2. The van der Waals surface area contributed by atoms with Gasteiger partial charge in [0.15, 0.2) is 0 Å². The molecule has 0 saturated carbocycles. The van der Waals surface area contributed by atoms with E-state index in [4.69, 9.17) is 45.7 Å². The summed E-state index contributed by atoms with van der Waals surface area (Å²) in [4.78, 5) is 32.3. The minimum absolute atomic E-state index is 0.116. The molecule has 44 heavy (non-hydrogen) atoms.